The average Bonchev–Trinajstić information content (AvgIpc) is 3.00. The van der Waals surface area contributed by atoms with Crippen LogP contribution in [-0.2, 0) is 14.3 Å². The van der Waals surface area contributed by atoms with Gasteiger partial charge < -0.3 is 14.2 Å². The van der Waals surface area contributed by atoms with E-state index in [-0.39, 0.29) is 12.5 Å². The lowest BCUT2D eigenvalue weighted by Crippen LogP contribution is -2.27. The molecule has 1 amide bonds. The van der Waals surface area contributed by atoms with Gasteiger partial charge in [-0.15, -0.1) is 0 Å². The molecule has 0 saturated carbocycles. The van der Waals surface area contributed by atoms with E-state index in [9.17, 15) is 9.59 Å². The number of amides is 1. The molecule has 0 aliphatic carbocycles. The maximum atomic E-state index is 12.8. The van der Waals surface area contributed by atoms with Crippen LogP contribution in [-0.4, -0.2) is 36.5 Å². The molecule has 1 fully saturated rings. The van der Waals surface area contributed by atoms with Crippen molar-refractivity contribution >= 4 is 51.9 Å². The smallest absolute Gasteiger partial charge is 0.344 e. The number of nitrogens with zero attached hydrogens (tertiary/aromatic N) is 1. The topological polar surface area (TPSA) is 65.1 Å². The summed E-state index contributed by atoms with van der Waals surface area (Å²) < 4.78 is 16.1. The molecule has 3 rings (SSSR count). The summed E-state index contributed by atoms with van der Waals surface area (Å²) in [5.74, 6) is 0.229. The number of ether oxygens (including phenoxy) is 3. The largest absolute Gasteiger partial charge is 0.493 e. The molecule has 2 aromatic carbocycles. The molecule has 1 saturated heterocycles. The van der Waals surface area contributed by atoms with Gasteiger partial charge in [0.2, 0.25) is 0 Å². The van der Waals surface area contributed by atoms with Crippen molar-refractivity contribution in [2.45, 2.75) is 6.92 Å². The van der Waals surface area contributed by atoms with E-state index in [0.717, 1.165) is 11.3 Å². The van der Waals surface area contributed by atoms with Crippen LogP contribution in [0.2, 0.25) is 0 Å². The fourth-order valence-electron chi connectivity index (χ4n) is 2.65. The van der Waals surface area contributed by atoms with Crippen molar-refractivity contribution in [2.24, 2.45) is 0 Å². The van der Waals surface area contributed by atoms with E-state index in [2.05, 4.69) is 0 Å². The summed E-state index contributed by atoms with van der Waals surface area (Å²) >= 11 is 6.63. The van der Waals surface area contributed by atoms with E-state index >= 15 is 0 Å². The number of anilines is 1. The lowest BCUT2D eigenvalue weighted by molar-refractivity contribution is -0.145. The number of rotatable bonds is 7. The molecule has 2 aromatic rings. The summed E-state index contributed by atoms with van der Waals surface area (Å²) in [5.41, 5.74) is 1.48. The van der Waals surface area contributed by atoms with Crippen molar-refractivity contribution < 1.29 is 23.8 Å². The van der Waals surface area contributed by atoms with Crippen LogP contribution in [0.15, 0.2) is 53.4 Å². The Bertz CT molecular complexity index is 959. The Hall–Kier alpha value is -2.84. The zero-order chi connectivity index (χ0) is 20.8. The first kappa shape index (κ1) is 20.9. The zero-order valence-electron chi connectivity index (χ0n) is 15.9. The number of thioether (sulfide) groups is 1. The number of hydrogen-bond acceptors (Lipinski definition) is 7. The highest BCUT2D eigenvalue weighted by Gasteiger charge is 2.33. The molecule has 6 nitrogen and oxygen atoms in total. The second kappa shape index (κ2) is 9.58. The molecule has 1 heterocycles. The predicted molar refractivity (Wildman–Crippen MR) is 117 cm³/mol. The maximum Gasteiger partial charge on any atom is 0.344 e. The third-order valence-electron chi connectivity index (χ3n) is 3.94. The average molecular weight is 430 g/mol. The highest BCUT2D eigenvalue weighted by molar-refractivity contribution is 8.27. The Balaban J connectivity index is 1.79. The zero-order valence-corrected chi connectivity index (χ0v) is 17.5. The van der Waals surface area contributed by atoms with Gasteiger partial charge in [-0.05, 0) is 42.8 Å². The molecule has 29 heavy (non-hydrogen) atoms. The first-order valence-electron chi connectivity index (χ1n) is 8.83. The van der Waals surface area contributed by atoms with Gasteiger partial charge >= 0.3 is 5.97 Å². The van der Waals surface area contributed by atoms with Crippen LogP contribution in [0.25, 0.3) is 6.08 Å². The number of carbonyl (C=O) groups excluding carboxylic acids is 2. The molecular weight excluding hydrogens is 410 g/mol. The van der Waals surface area contributed by atoms with Gasteiger partial charge in [0.25, 0.3) is 5.91 Å². The summed E-state index contributed by atoms with van der Waals surface area (Å²) in [5, 5.41) is 0. The summed E-state index contributed by atoms with van der Waals surface area (Å²) in [6.45, 7) is 1.81. The minimum Gasteiger partial charge on any atom is -0.493 e. The van der Waals surface area contributed by atoms with Crippen LogP contribution in [0, 0.1) is 0 Å². The van der Waals surface area contributed by atoms with E-state index in [1.807, 2.05) is 30.3 Å². The van der Waals surface area contributed by atoms with Crippen molar-refractivity contribution in [3.63, 3.8) is 0 Å². The van der Waals surface area contributed by atoms with Crippen LogP contribution in [0.5, 0.6) is 11.5 Å². The number of para-hydroxylation sites is 1. The van der Waals surface area contributed by atoms with Crippen molar-refractivity contribution in [3.8, 4) is 11.5 Å². The molecule has 0 N–H and O–H groups in total. The Kier molecular flexibility index (Phi) is 6.90. The highest BCUT2D eigenvalue weighted by atomic mass is 32.2. The third kappa shape index (κ3) is 4.96. The van der Waals surface area contributed by atoms with E-state index in [1.165, 1.54) is 23.8 Å². The Morgan fingerprint density at radius 3 is 2.62 bits per heavy atom. The van der Waals surface area contributed by atoms with Crippen LogP contribution >= 0.6 is 24.0 Å². The molecule has 0 bridgehead atoms. The SMILES string of the molecule is CCOC(=O)COc1ccc(/C=C2/SC(=S)N(c3ccccc3)C2=O)cc1OC. The molecule has 0 aromatic heterocycles. The first-order valence-corrected chi connectivity index (χ1v) is 10.1. The van der Waals surface area contributed by atoms with Crippen molar-refractivity contribution in [2.75, 3.05) is 25.2 Å². The second-order valence-electron chi connectivity index (χ2n) is 5.86. The standard InChI is InChI=1S/C21H19NO5S2/c1-3-26-19(23)13-27-16-10-9-14(11-17(16)25-2)12-18-20(24)22(21(28)29-18)15-7-5-4-6-8-15/h4-12H,3,13H2,1-2H3/b18-12+. The minimum absolute atomic E-state index is 0.173. The number of hydrogen-bond donors (Lipinski definition) is 0. The normalized spacial score (nSPS) is 15.0. The van der Waals surface area contributed by atoms with Gasteiger partial charge in [-0.3, -0.25) is 9.69 Å². The second-order valence-corrected chi connectivity index (χ2v) is 7.53. The van der Waals surface area contributed by atoms with E-state index in [1.54, 1.807) is 31.2 Å². The molecule has 8 heteroatoms. The molecule has 0 unspecified atom stereocenters. The molecule has 0 spiro atoms. The van der Waals surface area contributed by atoms with Crippen LogP contribution < -0.4 is 14.4 Å². The fourth-order valence-corrected chi connectivity index (χ4v) is 3.95. The number of esters is 1. The molecular formula is C21H19NO5S2. The summed E-state index contributed by atoms with van der Waals surface area (Å²) in [6, 6.07) is 14.5. The van der Waals surface area contributed by atoms with Crippen LogP contribution in [0.4, 0.5) is 5.69 Å². The first-order chi connectivity index (χ1) is 14.0. The van der Waals surface area contributed by atoms with Gasteiger partial charge in [0.05, 0.1) is 24.3 Å². The van der Waals surface area contributed by atoms with E-state index in [4.69, 9.17) is 26.4 Å². The Labute approximate surface area is 178 Å². The Morgan fingerprint density at radius 2 is 1.93 bits per heavy atom. The van der Waals surface area contributed by atoms with Gasteiger partial charge in [0.15, 0.2) is 22.4 Å². The minimum atomic E-state index is -0.455. The van der Waals surface area contributed by atoms with E-state index < -0.39 is 5.97 Å². The quantitative estimate of drug-likeness (QED) is 0.374. The number of methoxy groups -OCH3 is 1. The molecule has 1 aliphatic heterocycles. The van der Waals surface area contributed by atoms with Crippen LogP contribution in [0.1, 0.15) is 12.5 Å². The van der Waals surface area contributed by atoms with E-state index in [0.29, 0.717) is 27.3 Å². The monoisotopic (exact) mass is 429 g/mol. The summed E-state index contributed by atoms with van der Waals surface area (Å²) in [6.07, 6.45) is 1.75. The van der Waals surface area contributed by atoms with Crippen molar-refractivity contribution in [1.82, 2.24) is 0 Å². The lowest BCUT2D eigenvalue weighted by Gasteiger charge is -2.13. The Morgan fingerprint density at radius 1 is 1.17 bits per heavy atom. The predicted octanol–water partition coefficient (Wildman–Crippen LogP) is 4.04. The van der Waals surface area contributed by atoms with Crippen LogP contribution in [0.3, 0.4) is 0 Å². The molecule has 0 atom stereocenters. The summed E-state index contributed by atoms with van der Waals surface area (Å²) in [4.78, 5) is 26.3. The number of thiocarbonyl (C=S) groups is 1. The van der Waals surface area contributed by atoms with Gasteiger partial charge in [-0.2, -0.15) is 0 Å². The molecule has 150 valence electrons. The molecule has 0 radical (unpaired) electrons. The highest BCUT2D eigenvalue weighted by Crippen LogP contribution is 2.37. The van der Waals surface area contributed by atoms with Gasteiger partial charge in [0, 0.05) is 0 Å². The van der Waals surface area contributed by atoms with Gasteiger partial charge in [-0.1, -0.05) is 48.2 Å². The number of carbonyl (C=O) groups is 2. The van der Waals surface area contributed by atoms with Crippen molar-refractivity contribution in [3.05, 3.63) is 59.0 Å². The number of benzene rings is 2. The molecule has 1 aliphatic rings. The van der Waals surface area contributed by atoms with Gasteiger partial charge in [0.1, 0.15) is 0 Å². The fraction of sp³-hybridized carbons (Fsp3) is 0.190. The maximum absolute atomic E-state index is 12.8. The summed E-state index contributed by atoms with van der Waals surface area (Å²) in [7, 11) is 1.51. The van der Waals surface area contributed by atoms with Gasteiger partial charge in [-0.25, -0.2) is 4.79 Å². The third-order valence-corrected chi connectivity index (χ3v) is 5.25. The lowest BCUT2D eigenvalue weighted by atomic mass is 10.2. The van der Waals surface area contributed by atoms with Crippen molar-refractivity contribution in [1.29, 1.82) is 0 Å².